The largest absolute Gasteiger partial charge is 0.462 e. The van der Waals surface area contributed by atoms with Crippen LogP contribution in [0.3, 0.4) is 0 Å². The molecule has 6 nitrogen and oxygen atoms in total. The molecule has 0 aliphatic carbocycles. The van der Waals surface area contributed by atoms with Gasteiger partial charge in [-0.3, -0.25) is 4.98 Å². The zero-order valence-electron chi connectivity index (χ0n) is 10.6. The van der Waals surface area contributed by atoms with E-state index in [0.29, 0.717) is 32.8 Å². The summed E-state index contributed by atoms with van der Waals surface area (Å²) in [6.07, 6.45) is 3.26. The summed E-state index contributed by atoms with van der Waals surface area (Å²) in [5, 5.41) is 14.5. The van der Waals surface area contributed by atoms with Crippen molar-refractivity contribution in [3.63, 3.8) is 0 Å². The molecule has 0 unspecified atom stereocenters. The molecule has 4 rings (SSSR count). The predicted octanol–water partition coefficient (Wildman–Crippen LogP) is 2.98. The zero-order valence-corrected chi connectivity index (χ0v) is 11.4. The summed E-state index contributed by atoms with van der Waals surface area (Å²) in [6.45, 7) is 0. The quantitative estimate of drug-likeness (QED) is 0.567. The fourth-order valence-corrected chi connectivity index (χ4v) is 2.90. The second kappa shape index (κ2) is 4.54. The molecule has 0 spiro atoms. The lowest BCUT2D eigenvalue weighted by Crippen LogP contribution is -1.91. The van der Waals surface area contributed by atoms with Crippen molar-refractivity contribution >= 4 is 16.3 Å². The Kier molecular flexibility index (Phi) is 2.55. The number of nitriles is 1. The Morgan fingerprint density at radius 1 is 1.24 bits per heavy atom. The first-order valence-electron chi connectivity index (χ1n) is 6.12. The van der Waals surface area contributed by atoms with Gasteiger partial charge in [-0.25, -0.2) is 4.98 Å². The predicted molar refractivity (Wildman–Crippen MR) is 76.5 cm³/mol. The number of aromatic nitrogens is 4. The van der Waals surface area contributed by atoms with Crippen molar-refractivity contribution in [3.8, 4) is 28.2 Å². The van der Waals surface area contributed by atoms with Gasteiger partial charge in [0.05, 0.1) is 12.0 Å². The van der Waals surface area contributed by atoms with Crippen LogP contribution in [0.4, 0.5) is 0 Å². The van der Waals surface area contributed by atoms with Crippen molar-refractivity contribution in [1.82, 2.24) is 19.6 Å². The molecule has 21 heavy (non-hydrogen) atoms. The molecule has 0 atom stereocenters. The van der Waals surface area contributed by atoms with Crippen LogP contribution >= 0.6 is 11.3 Å². The van der Waals surface area contributed by atoms with Crippen molar-refractivity contribution < 1.29 is 4.42 Å². The molecule has 0 aliphatic rings. The van der Waals surface area contributed by atoms with Gasteiger partial charge in [0.15, 0.2) is 16.5 Å². The van der Waals surface area contributed by atoms with Crippen LogP contribution in [0, 0.1) is 11.3 Å². The first-order valence-corrected chi connectivity index (χ1v) is 6.93. The summed E-state index contributed by atoms with van der Waals surface area (Å²) >= 11 is 1.37. The Balaban J connectivity index is 1.92. The molecule has 0 bridgehead atoms. The topological polar surface area (TPSA) is 80.0 Å². The molecular formula is C14H7N5OS. The van der Waals surface area contributed by atoms with E-state index in [-0.39, 0.29) is 0 Å². The molecule has 7 heteroatoms. The lowest BCUT2D eigenvalue weighted by atomic mass is 10.2. The maximum absolute atomic E-state index is 9.41. The van der Waals surface area contributed by atoms with Crippen LogP contribution in [0.2, 0.25) is 0 Å². The van der Waals surface area contributed by atoms with Gasteiger partial charge in [-0.1, -0.05) is 17.4 Å². The SMILES string of the molecule is N#Cc1c(-c2ccccn2)nc2sc(-c3ccco3)nn12. The van der Waals surface area contributed by atoms with Crippen molar-refractivity contribution in [2.75, 3.05) is 0 Å². The molecule has 0 saturated heterocycles. The molecule has 0 radical (unpaired) electrons. The Morgan fingerprint density at radius 3 is 2.90 bits per heavy atom. The highest BCUT2D eigenvalue weighted by Gasteiger charge is 2.19. The van der Waals surface area contributed by atoms with Gasteiger partial charge in [-0.05, 0) is 24.3 Å². The minimum absolute atomic E-state index is 0.373. The Bertz CT molecular complexity index is 947. The van der Waals surface area contributed by atoms with Gasteiger partial charge in [-0.2, -0.15) is 9.78 Å². The van der Waals surface area contributed by atoms with Gasteiger partial charge in [0.1, 0.15) is 11.8 Å². The van der Waals surface area contributed by atoms with Gasteiger partial charge in [0.25, 0.3) is 0 Å². The monoisotopic (exact) mass is 293 g/mol. The van der Waals surface area contributed by atoms with Gasteiger partial charge >= 0.3 is 0 Å². The number of pyridine rings is 1. The molecular weight excluding hydrogens is 286 g/mol. The van der Waals surface area contributed by atoms with Crippen LogP contribution in [0.25, 0.3) is 27.1 Å². The molecule has 0 aromatic carbocycles. The number of nitrogens with zero attached hydrogens (tertiary/aromatic N) is 5. The highest BCUT2D eigenvalue weighted by molar-refractivity contribution is 7.19. The third kappa shape index (κ3) is 1.81. The van der Waals surface area contributed by atoms with Crippen LogP contribution in [-0.2, 0) is 0 Å². The van der Waals surface area contributed by atoms with Gasteiger partial charge in [-0.15, -0.1) is 5.10 Å². The maximum atomic E-state index is 9.41. The fraction of sp³-hybridized carbons (Fsp3) is 0. The average Bonchev–Trinajstić information content (AvgIpc) is 3.22. The van der Waals surface area contributed by atoms with E-state index in [2.05, 4.69) is 21.1 Å². The summed E-state index contributed by atoms with van der Waals surface area (Å²) in [5.74, 6) is 0.661. The Morgan fingerprint density at radius 2 is 2.19 bits per heavy atom. The van der Waals surface area contributed by atoms with Crippen LogP contribution in [0.1, 0.15) is 5.69 Å². The lowest BCUT2D eigenvalue weighted by molar-refractivity contribution is 0.580. The highest BCUT2D eigenvalue weighted by atomic mass is 32.1. The minimum atomic E-state index is 0.373. The molecule has 0 fully saturated rings. The van der Waals surface area contributed by atoms with Gasteiger partial charge < -0.3 is 4.42 Å². The Labute approximate surface area is 122 Å². The fourth-order valence-electron chi connectivity index (χ4n) is 2.03. The summed E-state index contributed by atoms with van der Waals surface area (Å²) in [5.41, 5.74) is 1.58. The van der Waals surface area contributed by atoms with E-state index in [1.807, 2.05) is 24.3 Å². The molecule has 4 aromatic rings. The van der Waals surface area contributed by atoms with E-state index in [9.17, 15) is 5.26 Å². The third-order valence-corrected chi connectivity index (χ3v) is 3.87. The van der Waals surface area contributed by atoms with Crippen LogP contribution in [0.15, 0.2) is 47.2 Å². The summed E-state index contributed by atoms with van der Waals surface area (Å²) in [6, 6.07) is 11.3. The summed E-state index contributed by atoms with van der Waals surface area (Å²) in [4.78, 5) is 9.35. The van der Waals surface area contributed by atoms with Crippen molar-refractivity contribution in [2.24, 2.45) is 0 Å². The normalized spacial score (nSPS) is 10.8. The van der Waals surface area contributed by atoms with Crippen LogP contribution in [0.5, 0.6) is 0 Å². The second-order valence-corrected chi connectivity index (χ2v) is 5.17. The van der Waals surface area contributed by atoms with Gasteiger partial charge in [0.2, 0.25) is 4.96 Å². The molecule has 0 amide bonds. The van der Waals surface area contributed by atoms with Crippen molar-refractivity contribution in [2.45, 2.75) is 0 Å². The van der Waals surface area contributed by atoms with E-state index in [1.165, 1.54) is 15.9 Å². The van der Waals surface area contributed by atoms with Crippen molar-refractivity contribution in [1.29, 1.82) is 5.26 Å². The maximum Gasteiger partial charge on any atom is 0.214 e. The molecule has 0 saturated carbocycles. The number of rotatable bonds is 2. The van der Waals surface area contributed by atoms with Crippen molar-refractivity contribution in [3.05, 3.63) is 48.5 Å². The lowest BCUT2D eigenvalue weighted by Gasteiger charge is -1.95. The number of fused-ring (bicyclic) bond motifs is 1. The molecule has 4 aromatic heterocycles. The number of hydrogen-bond acceptors (Lipinski definition) is 6. The number of hydrogen-bond donors (Lipinski definition) is 0. The van der Waals surface area contributed by atoms with E-state index in [1.54, 1.807) is 18.5 Å². The van der Waals surface area contributed by atoms with Gasteiger partial charge in [0, 0.05) is 6.20 Å². The molecule has 0 aliphatic heterocycles. The Hall–Kier alpha value is -2.98. The van der Waals surface area contributed by atoms with E-state index >= 15 is 0 Å². The second-order valence-electron chi connectivity index (χ2n) is 4.21. The number of imidazole rings is 1. The first kappa shape index (κ1) is 11.8. The molecule has 4 heterocycles. The third-order valence-electron chi connectivity index (χ3n) is 2.95. The molecule has 100 valence electrons. The van der Waals surface area contributed by atoms with E-state index in [4.69, 9.17) is 4.42 Å². The van der Waals surface area contributed by atoms with Crippen LogP contribution < -0.4 is 0 Å². The first-order chi connectivity index (χ1) is 10.4. The average molecular weight is 293 g/mol. The standard InChI is InChI=1S/C14H7N5OS/c15-8-10-12(9-4-1-2-6-16-9)17-14-19(10)18-13(21-14)11-5-3-7-20-11/h1-7H. The minimum Gasteiger partial charge on any atom is -0.462 e. The van der Waals surface area contributed by atoms with E-state index in [0.717, 1.165) is 0 Å². The summed E-state index contributed by atoms with van der Waals surface area (Å²) < 4.78 is 6.85. The molecule has 0 N–H and O–H groups in total. The highest BCUT2D eigenvalue weighted by Crippen LogP contribution is 2.30. The van der Waals surface area contributed by atoms with Crippen LogP contribution in [-0.4, -0.2) is 19.6 Å². The summed E-state index contributed by atoms with van der Waals surface area (Å²) in [7, 11) is 0. The smallest absolute Gasteiger partial charge is 0.214 e. The number of furan rings is 1. The van der Waals surface area contributed by atoms with E-state index < -0.39 is 0 Å². The zero-order chi connectivity index (χ0) is 14.2.